The van der Waals surface area contributed by atoms with E-state index in [1.165, 1.54) is 6.07 Å². The van der Waals surface area contributed by atoms with Gasteiger partial charge >= 0.3 is 0 Å². The second-order valence-corrected chi connectivity index (χ2v) is 5.12. The lowest BCUT2D eigenvalue weighted by molar-refractivity contribution is -0.121. The minimum absolute atomic E-state index is 0.0811. The molecule has 4 heteroatoms. The van der Waals surface area contributed by atoms with Crippen LogP contribution < -0.4 is 10.6 Å². The van der Waals surface area contributed by atoms with Crippen LogP contribution in [0.25, 0.3) is 0 Å². The maximum absolute atomic E-state index is 13.1. The van der Waals surface area contributed by atoms with Gasteiger partial charge in [-0.15, -0.1) is 0 Å². The van der Waals surface area contributed by atoms with Crippen molar-refractivity contribution < 1.29 is 9.18 Å². The molecule has 0 spiro atoms. The monoisotopic (exact) mass is 250 g/mol. The number of carbonyl (C=O) groups excluding carboxylic acids is 1. The molecular weight excluding hydrogens is 231 g/mol. The van der Waals surface area contributed by atoms with Crippen molar-refractivity contribution in [2.75, 3.05) is 18.0 Å². The lowest BCUT2D eigenvalue weighted by Gasteiger charge is -2.19. The van der Waals surface area contributed by atoms with Gasteiger partial charge in [0.2, 0.25) is 5.91 Å². The fourth-order valence-electron chi connectivity index (χ4n) is 2.55. The topological polar surface area (TPSA) is 46.3 Å². The van der Waals surface area contributed by atoms with E-state index in [2.05, 4.69) is 4.90 Å². The molecule has 1 aromatic carbocycles. The van der Waals surface area contributed by atoms with Crippen LogP contribution in [0.5, 0.6) is 0 Å². The van der Waals surface area contributed by atoms with Crippen molar-refractivity contribution in [3.63, 3.8) is 0 Å². The molecule has 2 N–H and O–H groups in total. The Morgan fingerprint density at radius 2 is 2.39 bits per heavy atom. The van der Waals surface area contributed by atoms with Gasteiger partial charge in [0.25, 0.3) is 0 Å². The average Bonchev–Trinajstić information content (AvgIpc) is 2.77. The Morgan fingerprint density at radius 1 is 1.61 bits per heavy atom. The molecule has 1 amide bonds. The number of amides is 1. The van der Waals surface area contributed by atoms with Crippen LogP contribution in [0.3, 0.4) is 0 Å². The van der Waals surface area contributed by atoms with E-state index in [1.54, 1.807) is 12.1 Å². The molecule has 0 radical (unpaired) electrons. The first-order valence-electron chi connectivity index (χ1n) is 6.36. The Hall–Kier alpha value is -1.58. The third kappa shape index (κ3) is 3.00. The Labute approximate surface area is 107 Å². The lowest BCUT2D eigenvalue weighted by atomic mass is 9.95. The molecule has 3 nitrogen and oxygen atoms in total. The fraction of sp³-hybridized carbons (Fsp3) is 0.500. The predicted octanol–water partition coefficient (Wildman–Crippen LogP) is 2.16. The molecule has 1 saturated heterocycles. The van der Waals surface area contributed by atoms with Crippen molar-refractivity contribution in [1.82, 2.24) is 0 Å². The minimum Gasteiger partial charge on any atom is -0.371 e. The van der Waals surface area contributed by atoms with Gasteiger partial charge in [0.15, 0.2) is 0 Å². The molecular formula is C14H19FN2O. The van der Waals surface area contributed by atoms with Gasteiger partial charge in [-0.2, -0.15) is 0 Å². The molecule has 1 aliphatic heterocycles. The number of nitrogens with two attached hydrogens (primary N) is 1. The van der Waals surface area contributed by atoms with Gasteiger partial charge in [-0.05, 0) is 37.0 Å². The second kappa shape index (κ2) is 5.38. The third-order valence-corrected chi connectivity index (χ3v) is 3.63. The number of primary amides is 1. The van der Waals surface area contributed by atoms with Gasteiger partial charge in [0.1, 0.15) is 5.82 Å². The van der Waals surface area contributed by atoms with Crippen LogP contribution in [0.15, 0.2) is 24.3 Å². The molecule has 1 aliphatic rings. The van der Waals surface area contributed by atoms with Crippen molar-refractivity contribution >= 4 is 11.6 Å². The van der Waals surface area contributed by atoms with Gasteiger partial charge < -0.3 is 10.6 Å². The highest BCUT2D eigenvalue weighted by Crippen LogP contribution is 2.28. The van der Waals surface area contributed by atoms with E-state index in [-0.39, 0.29) is 17.6 Å². The van der Waals surface area contributed by atoms with Crippen LogP contribution in [0.1, 0.15) is 19.8 Å². The molecule has 18 heavy (non-hydrogen) atoms. The number of hydrogen-bond acceptors (Lipinski definition) is 2. The maximum atomic E-state index is 13.1. The standard InChI is InChI=1S/C14H19FN2O/c1-10(14(16)18)7-11-5-6-17(9-11)13-4-2-3-12(15)8-13/h2-4,8,10-11H,5-7,9H2,1H3,(H2,16,18). The molecule has 1 fully saturated rings. The van der Waals surface area contributed by atoms with E-state index in [9.17, 15) is 9.18 Å². The summed E-state index contributed by atoms with van der Waals surface area (Å²) in [4.78, 5) is 13.2. The van der Waals surface area contributed by atoms with Crippen molar-refractivity contribution in [2.24, 2.45) is 17.6 Å². The number of rotatable bonds is 4. The number of hydrogen-bond donors (Lipinski definition) is 1. The Balaban J connectivity index is 1.94. The predicted molar refractivity (Wildman–Crippen MR) is 69.7 cm³/mol. The van der Waals surface area contributed by atoms with E-state index in [1.807, 2.05) is 13.0 Å². The molecule has 2 atom stereocenters. The SMILES string of the molecule is CC(CC1CCN(c2cccc(F)c2)C1)C(N)=O. The number of nitrogens with zero attached hydrogens (tertiary/aromatic N) is 1. The van der Waals surface area contributed by atoms with E-state index < -0.39 is 0 Å². The Kier molecular flexibility index (Phi) is 3.84. The summed E-state index contributed by atoms with van der Waals surface area (Å²) in [7, 11) is 0. The largest absolute Gasteiger partial charge is 0.371 e. The van der Waals surface area contributed by atoms with Gasteiger partial charge in [-0.3, -0.25) is 4.79 Å². The van der Waals surface area contributed by atoms with Gasteiger partial charge in [-0.25, -0.2) is 4.39 Å². The number of anilines is 1. The molecule has 1 aromatic rings. The van der Waals surface area contributed by atoms with E-state index in [0.29, 0.717) is 5.92 Å². The zero-order valence-corrected chi connectivity index (χ0v) is 10.6. The van der Waals surface area contributed by atoms with Crippen LogP contribution in [0, 0.1) is 17.7 Å². The lowest BCUT2D eigenvalue weighted by Crippen LogP contribution is -2.25. The molecule has 0 saturated carbocycles. The van der Waals surface area contributed by atoms with Crippen LogP contribution in [-0.4, -0.2) is 19.0 Å². The van der Waals surface area contributed by atoms with Crippen LogP contribution >= 0.6 is 0 Å². The van der Waals surface area contributed by atoms with Gasteiger partial charge in [0.05, 0.1) is 0 Å². The van der Waals surface area contributed by atoms with E-state index >= 15 is 0 Å². The highest BCUT2D eigenvalue weighted by Gasteiger charge is 2.25. The summed E-state index contributed by atoms with van der Waals surface area (Å²) >= 11 is 0. The van der Waals surface area contributed by atoms with Crippen molar-refractivity contribution in [3.8, 4) is 0 Å². The molecule has 0 bridgehead atoms. The summed E-state index contributed by atoms with van der Waals surface area (Å²) in [6.07, 6.45) is 1.86. The molecule has 98 valence electrons. The molecule has 2 unspecified atom stereocenters. The summed E-state index contributed by atoms with van der Waals surface area (Å²) in [5, 5.41) is 0. The minimum atomic E-state index is -0.237. The molecule has 0 aromatic heterocycles. The number of benzene rings is 1. The number of carbonyl (C=O) groups is 1. The number of halogens is 1. The average molecular weight is 250 g/mol. The summed E-state index contributed by atoms with van der Waals surface area (Å²) in [5.74, 6) is -0.0566. The quantitative estimate of drug-likeness (QED) is 0.890. The maximum Gasteiger partial charge on any atom is 0.220 e. The normalized spacial score (nSPS) is 21.0. The van der Waals surface area contributed by atoms with Crippen LogP contribution in [0.4, 0.5) is 10.1 Å². The first-order chi connectivity index (χ1) is 8.56. The van der Waals surface area contributed by atoms with Crippen LogP contribution in [-0.2, 0) is 4.79 Å². The summed E-state index contributed by atoms with van der Waals surface area (Å²) < 4.78 is 13.1. The van der Waals surface area contributed by atoms with E-state index in [0.717, 1.165) is 31.6 Å². The molecule has 0 aliphatic carbocycles. The summed E-state index contributed by atoms with van der Waals surface area (Å²) in [5.41, 5.74) is 6.20. The summed E-state index contributed by atoms with van der Waals surface area (Å²) in [6, 6.07) is 6.65. The first kappa shape index (κ1) is 12.9. The van der Waals surface area contributed by atoms with Crippen molar-refractivity contribution in [3.05, 3.63) is 30.1 Å². The zero-order chi connectivity index (χ0) is 13.1. The molecule has 2 rings (SSSR count). The van der Waals surface area contributed by atoms with Crippen molar-refractivity contribution in [1.29, 1.82) is 0 Å². The third-order valence-electron chi connectivity index (χ3n) is 3.63. The highest BCUT2D eigenvalue weighted by atomic mass is 19.1. The smallest absolute Gasteiger partial charge is 0.220 e. The van der Waals surface area contributed by atoms with Gasteiger partial charge in [-0.1, -0.05) is 13.0 Å². The Morgan fingerprint density at radius 3 is 3.06 bits per heavy atom. The van der Waals surface area contributed by atoms with Gasteiger partial charge in [0, 0.05) is 24.7 Å². The second-order valence-electron chi connectivity index (χ2n) is 5.12. The molecule has 1 heterocycles. The Bertz CT molecular complexity index is 436. The zero-order valence-electron chi connectivity index (χ0n) is 10.6. The highest BCUT2D eigenvalue weighted by molar-refractivity contribution is 5.76. The van der Waals surface area contributed by atoms with Crippen LogP contribution in [0.2, 0.25) is 0 Å². The van der Waals surface area contributed by atoms with Crippen molar-refractivity contribution in [2.45, 2.75) is 19.8 Å². The first-order valence-corrected chi connectivity index (χ1v) is 6.36. The fourth-order valence-corrected chi connectivity index (χ4v) is 2.55. The summed E-state index contributed by atoms with van der Waals surface area (Å²) in [6.45, 7) is 3.66. The van der Waals surface area contributed by atoms with E-state index in [4.69, 9.17) is 5.73 Å².